The highest BCUT2D eigenvalue weighted by Crippen LogP contribution is 2.20. The summed E-state index contributed by atoms with van der Waals surface area (Å²) in [7, 11) is 0. The number of rotatable bonds is 3. The van der Waals surface area contributed by atoms with E-state index in [1.807, 2.05) is 18.2 Å². The maximum atomic E-state index is 5.63. The van der Waals surface area contributed by atoms with Crippen molar-refractivity contribution in [3.63, 3.8) is 0 Å². The van der Waals surface area contributed by atoms with Crippen LogP contribution in [0, 0.1) is 0 Å². The summed E-state index contributed by atoms with van der Waals surface area (Å²) in [5, 5.41) is 8.11. The summed E-state index contributed by atoms with van der Waals surface area (Å²) in [5.41, 5.74) is 7.80. The minimum Gasteiger partial charge on any atom is -0.326 e. The van der Waals surface area contributed by atoms with Gasteiger partial charge < -0.3 is 10.3 Å². The zero-order valence-electron chi connectivity index (χ0n) is 9.59. The molecule has 2 rings (SSSR count). The molecule has 4 nitrogen and oxygen atoms in total. The van der Waals surface area contributed by atoms with Gasteiger partial charge in [0.1, 0.15) is 6.33 Å². The molecule has 0 aliphatic carbocycles. The Balaban J connectivity index is 2.46. The molecule has 1 aromatic heterocycles. The van der Waals surface area contributed by atoms with Crippen molar-refractivity contribution in [2.24, 2.45) is 5.73 Å². The van der Waals surface area contributed by atoms with Crippen molar-refractivity contribution in [3.05, 3.63) is 36.2 Å². The number of aromatic nitrogens is 3. The molecular weight excluding hydrogens is 200 g/mol. The predicted molar refractivity (Wildman–Crippen MR) is 63.7 cm³/mol. The van der Waals surface area contributed by atoms with E-state index >= 15 is 0 Å². The molecular formula is C12H16N4. The summed E-state index contributed by atoms with van der Waals surface area (Å²) < 4.78 is 2.05. The number of hydrogen-bond donors (Lipinski definition) is 1. The molecule has 0 fully saturated rings. The second-order valence-electron chi connectivity index (χ2n) is 4.06. The summed E-state index contributed by atoms with van der Waals surface area (Å²) in [6.45, 7) is 4.77. The van der Waals surface area contributed by atoms with Crippen LogP contribution < -0.4 is 5.73 Å². The molecule has 0 atom stereocenters. The number of benzene rings is 1. The lowest BCUT2D eigenvalue weighted by atomic mass is 10.1. The zero-order chi connectivity index (χ0) is 11.5. The third-order valence-electron chi connectivity index (χ3n) is 2.55. The molecule has 0 unspecified atom stereocenters. The fraction of sp³-hybridized carbons (Fsp3) is 0.333. The summed E-state index contributed by atoms with van der Waals surface area (Å²) in [6, 6.07) is 8.45. The maximum Gasteiger partial charge on any atom is 0.163 e. The van der Waals surface area contributed by atoms with Gasteiger partial charge in [0.15, 0.2) is 5.82 Å². The summed E-state index contributed by atoms with van der Waals surface area (Å²) in [5.74, 6) is 0.894. The Morgan fingerprint density at radius 2 is 2.19 bits per heavy atom. The van der Waals surface area contributed by atoms with Gasteiger partial charge in [-0.2, -0.15) is 0 Å². The van der Waals surface area contributed by atoms with Crippen LogP contribution in [-0.2, 0) is 6.54 Å². The van der Waals surface area contributed by atoms with Crippen molar-refractivity contribution >= 4 is 0 Å². The van der Waals surface area contributed by atoms with Crippen LogP contribution in [0.1, 0.15) is 25.5 Å². The second kappa shape index (κ2) is 4.45. The van der Waals surface area contributed by atoms with E-state index in [-0.39, 0.29) is 0 Å². The first-order valence-electron chi connectivity index (χ1n) is 5.41. The normalized spacial score (nSPS) is 11.0. The Kier molecular flexibility index (Phi) is 3.01. The van der Waals surface area contributed by atoms with Crippen molar-refractivity contribution in [3.8, 4) is 11.4 Å². The highest BCUT2D eigenvalue weighted by atomic mass is 15.3. The molecule has 0 saturated carbocycles. The average Bonchev–Trinajstić information content (AvgIpc) is 2.78. The molecule has 0 aliphatic heterocycles. The Hall–Kier alpha value is -1.68. The van der Waals surface area contributed by atoms with Gasteiger partial charge in [0.05, 0.1) is 0 Å². The van der Waals surface area contributed by atoms with E-state index < -0.39 is 0 Å². The van der Waals surface area contributed by atoms with Crippen LogP contribution in [0.3, 0.4) is 0 Å². The van der Waals surface area contributed by atoms with Crippen LogP contribution in [0.15, 0.2) is 30.6 Å². The maximum absolute atomic E-state index is 5.63. The van der Waals surface area contributed by atoms with E-state index in [9.17, 15) is 0 Å². The zero-order valence-corrected chi connectivity index (χ0v) is 9.59. The van der Waals surface area contributed by atoms with E-state index in [2.05, 4.69) is 34.7 Å². The third kappa shape index (κ3) is 1.97. The topological polar surface area (TPSA) is 56.7 Å². The van der Waals surface area contributed by atoms with Crippen LogP contribution in [0.25, 0.3) is 11.4 Å². The molecule has 2 N–H and O–H groups in total. The monoisotopic (exact) mass is 216 g/mol. The molecule has 16 heavy (non-hydrogen) atoms. The van der Waals surface area contributed by atoms with Crippen LogP contribution in [0.2, 0.25) is 0 Å². The van der Waals surface area contributed by atoms with Crippen molar-refractivity contribution in [1.29, 1.82) is 0 Å². The fourth-order valence-corrected chi connectivity index (χ4v) is 1.66. The molecule has 0 spiro atoms. The third-order valence-corrected chi connectivity index (χ3v) is 2.55. The molecule has 4 heteroatoms. The van der Waals surface area contributed by atoms with Gasteiger partial charge in [-0.3, -0.25) is 0 Å². The SMILES string of the molecule is CC(C)n1cnnc1-c1cccc(CN)c1. The van der Waals surface area contributed by atoms with Crippen LogP contribution in [0.4, 0.5) is 0 Å². The van der Waals surface area contributed by atoms with Gasteiger partial charge in [-0.25, -0.2) is 0 Å². The van der Waals surface area contributed by atoms with Gasteiger partial charge in [-0.15, -0.1) is 10.2 Å². The Morgan fingerprint density at radius 1 is 1.38 bits per heavy atom. The standard InChI is InChI=1S/C12H16N4/c1-9(2)16-8-14-15-12(16)11-5-3-4-10(6-11)7-13/h3-6,8-9H,7,13H2,1-2H3. The number of nitrogens with two attached hydrogens (primary N) is 1. The van der Waals surface area contributed by atoms with Gasteiger partial charge in [0, 0.05) is 18.2 Å². The van der Waals surface area contributed by atoms with Crippen LogP contribution in [0.5, 0.6) is 0 Å². The first-order valence-corrected chi connectivity index (χ1v) is 5.41. The largest absolute Gasteiger partial charge is 0.326 e. The first kappa shape index (κ1) is 10.8. The van der Waals surface area contributed by atoms with E-state index in [1.165, 1.54) is 0 Å². The van der Waals surface area contributed by atoms with Gasteiger partial charge in [0.2, 0.25) is 0 Å². The van der Waals surface area contributed by atoms with Gasteiger partial charge >= 0.3 is 0 Å². The van der Waals surface area contributed by atoms with Gasteiger partial charge in [0.25, 0.3) is 0 Å². The van der Waals surface area contributed by atoms with Crippen molar-refractivity contribution in [2.45, 2.75) is 26.4 Å². The summed E-state index contributed by atoms with van der Waals surface area (Å²) in [6.07, 6.45) is 1.76. The highest BCUT2D eigenvalue weighted by molar-refractivity contribution is 5.56. The molecule has 1 aromatic carbocycles. The Morgan fingerprint density at radius 3 is 2.88 bits per heavy atom. The predicted octanol–water partition coefficient (Wildman–Crippen LogP) is 1.98. The molecule has 0 radical (unpaired) electrons. The minimum absolute atomic E-state index is 0.353. The molecule has 0 aliphatic rings. The number of nitrogens with zero attached hydrogens (tertiary/aromatic N) is 3. The summed E-state index contributed by atoms with van der Waals surface area (Å²) in [4.78, 5) is 0. The molecule has 0 amide bonds. The smallest absolute Gasteiger partial charge is 0.163 e. The van der Waals surface area contributed by atoms with Gasteiger partial charge in [-0.1, -0.05) is 18.2 Å². The molecule has 0 saturated heterocycles. The average molecular weight is 216 g/mol. The second-order valence-corrected chi connectivity index (χ2v) is 4.06. The van der Waals surface area contributed by atoms with Crippen LogP contribution >= 0.6 is 0 Å². The van der Waals surface area contributed by atoms with Crippen LogP contribution in [-0.4, -0.2) is 14.8 Å². The molecule has 0 bridgehead atoms. The lowest BCUT2D eigenvalue weighted by molar-refractivity contribution is 0.604. The van der Waals surface area contributed by atoms with Crippen molar-refractivity contribution in [1.82, 2.24) is 14.8 Å². The van der Waals surface area contributed by atoms with E-state index in [4.69, 9.17) is 5.73 Å². The van der Waals surface area contributed by atoms with E-state index in [0.717, 1.165) is 17.0 Å². The lowest BCUT2D eigenvalue weighted by Gasteiger charge is -2.10. The minimum atomic E-state index is 0.353. The molecule has 1 heterocycles. The van der Waals surface area contributed by atoms with Crippen molar-refractivity contribution < 1.29 is 0 Å². The Labute approximate surface area is 95.1 Å². The van der Waals surface area contributed by atoms with E-state index in [1.54, 1.807) is 6.33 Å². The molecule has 2 aromatic rings. The Bertz CT molecular complexity index is 473. The molecule has 84 valence electrons. The lowest BCUT2D eigenvalue weighted by Crippen LogP contribution is -2.02. The van der Waals surface area contributed by atoms with Crippen molar-refractivity contribution in [2.75, 3.05) is 0 Å². The summed E-state index contributed by atoms with van der Waals surface area (Å²) >= 11 is 0. The fourth-order valence-electron chi connectivity index (χ4n) is 1.66. The quantitative estimate of drug-likeness (QED) is 0.853. The first-order chi connectivity index (χ1) is 7.72. The van der Waals surface area contributed by atoms with E-state index in [0.29, 0.717) is 12.6 Å². The van der Waals surface area contributed by atoms with Gasteiger partial charge in [-0.05, 0) is 25.5 Å². The highest BCUT2D eigenvalue weighted by Gasteiger charge is 2.09. The number of hydrogen-bond acceptors (Lipinski definition) is 3.